The van der Waals surface area contributed by atoms with Gasteiger partial charge in [0.05, 0.1) is 0 Å². The second kappa shape index (κ2) is 7.25. The lowest BCUT2D eigenvalue weighted by molar-refractivity contribution is -0.123. The highest BCUT2D eigenvalue weighted by molar-refractivity contribution is 6.03. The zero-order valence-electron chi connectivity index (χ0n) is 13.2. The summed E-state index contributed by atoms with van der Waals surface area (Å²) in [6.07, 6.45) is 1.55. The normalized spacial score (nSPS) is 17.1. The van der Waals surface area contributed by atoms with Crippen LogP contribution in [0.4, 0.5) is 10.1 Å². The lowest BCUT2D eigenvalue weighted by Crippen LogP contribution is -2.45. The third-order valence-electron chi connectivity index (χ3n) is 4.18. The SMILES string of the molecule is O=C(NCCc1ccccc1)C1CCC(=O)N1c1ccc(F)cc1. The molecular weight excluding hydrogens is 307 g/mol. The fraction of sp³-hybridized carbons (Fsp3) is 0.263. The van der Waals surface area contributed by atoms with Crippen LogP contribution in [0.5, 0.6) is 0 Å². The minimum atomic E-state index is -0.529. The largest absolute Gasteiger partial charge is 0.354 e. The van der Waals surface area contributed by atoms with Crippen molar-refractivity contribution in [3.8, 4) is 0 Å². The molecule has 1 heterocycles. The van der Waals surface area contributed by atoms with Crippen molar-refractivity contribution in [2.75, 3.05) is 11.4 Å². The first-order valence-electron chi connectivity index (χ1n) is 8.04. The summed E-state index contributed by atoms with van der Waals surface area (Å²) in [6.45, 7) is 0.519. The van der Waals surface area contributed by atoms with Gasteiger partial charge in [-0.2, -0.15) is 0 Å². The van der Waals surface area contributed by atoms with Crippen LogP contribution >= 0.6 is 0 Å². The van der Waals surface area contributed by atoms with E-state index in [-0.39, 0.29) is 17.6 Å². The van der Waals surface area contributed by atoms with Gasteiger partial charge < -0.3 is 5.32 Å². The molecule has 0 aromatic heterocycles. The number of rotatable bonds is 5. The lowest BCUT2D eigenvalue weighted by atomic mass is 10.1. The predicted octanol–water partition coefficient (Wildman–Crippen LogP) is 2.68. The molecule has 1 saturated heterocycles. The maximum Gasteiger partial charge on any atom is 0.243 e. The molecule has 0 aliphatic carbocycles. The van der Waals surface area contributed by atoms with E-state index in [4.69, 9.17) is 0 Å². The van der Waals surface area contributed by atoms with Gasteiger partial charge in [0, 0.05) is 18.7 Å². The standard InChI is InChI=1S/C19H19FN2O2/c20-15-6-8-16(9-7-15)22-17(10-11-18(22)23)19(24)21-13-12-14-4-2-1-3-5-14/h1-9,17H,10-13H2,(H,21,24). The first-order valence-corrected chi connectivity index (χ1v) is 8.04. The Morgan fingerprint density at radius 1 is 1.12 bits per heavy atom. The van der Waals surface area contributed by atoms with Gasteiger partial charge in [0.15, 0.2) is 0 Å². The van der Waals surface area contributed by atoms with E-state index in [1.54, 1.807) is 0 Å². The monoisotopic (exact) mass is 326 g/mol. The summed E-state index contributed by atoms with van der Waals surface area (Å²) in [5.41, 5.74) is 1.71. The van der Waals surface area contributed by atoms with Gasteiger partial charge in [-0.1, -0.05) is 30.3 Å². The number of anilines is 1. The van der Waals surface area contributed by atoms with Crippen molar-refractivity contribution in [2.45, 2.75) is 25.3 Å². The zero-order valence-corrected chi connectivity index (χ0v) is 13.2. The number of carbonyl (C=O) groups excluding carboxylic acids is 2. The molecule has 4 nitrogen and oxygen atoms in total. The first kappa shape index (κ1) is 16.2. The molecule has 0 radical (unpaired) electrons. The molecule has 3 rings (SSSR count). The molecule has 5 heteroatoms. The molecule has 24 heavy (non-hydrogen) atoms. The highest BCUT2D eigenvalue weighted by Gasteiger charge is 2.36. The quantitative estimate of drug-likeness (QED) is 0.918. The average molecular weight is 326 g/mol. The topological polar surface area (TPSA) is 49.4 Å². The zero-order chi connectivity index (χ0) is 16.9. The van der Waals surface area contributed by atoms with Crippen LogP contribution in [0.2, 0.25) is 0 Å². The fourth-order valence-corrected chi connectivity index (χ4v) is 2.95. The number of nitrogens with zero attached hydrogens (tertiary/aromatic N) is 1. The lowest BCUT2D eigenvalue weighted by Gasteiger charge is -2.24. The Labute approximate surface area is 140 Å². The van der Waals surface area contributed by atoms with E-state index in [1.807, 2.05) is 30.3 Å². The smallest absolute Gasteiger partial charge is 0.243 e. The molecule has 124 valence electrons. The highest BCUT2D eigenvalue weighted by Crippen LogP contribution is 2.26. The molecule has 1 unspecified atom stereocenters. The van der Waals surface area contributed by atoms with Crippen LogP contribution in [0.15, 0.2) is 54.6 Å². The molecule has 2 amide bonds. The van der Waals surface area contributed by atoms with Crippen LogP contribution in [0, 0.1) is 5.82 Å². The van der Waals surface area contributed by atoms with Crippen molar-refractivity contribution in [1.82, 2.24) is 5.32 Å². The molecule has 0 spiro atoms. The maximum absolute atomic E-state index is 13.1. The fourth-order valence-electron chi connectivity index (χ4n) is 2.95. The predicted molar refractivity (Wildman–Crippen MR) is 90.1 cm³/mol. The molecule has 1 aliphatic heterocycles. The molecule has 0 bridgehead atoms. The summed E-state index contributed by atoms with van der Waals surface area (Å²) < 4.78 is 13.1. The van der Waals surface area contributed by atoms with Crippen molar-refractivity contribution < 1.29 is 14.0 Å². The van der Waals surface area contributed by atoms with Crippen LogP contribution in [-0.4, -0.2) is 24.4 Å². The van der Waals surface area contributed by atoms with Gasteiger partial charge in [-0.25, -0.2) is 4.39 Å². The second-order valence-electron chi connectivity index (χ2n) is 5.82. The van der Waals surface area contributed by atoms with Crippen molar-refractivity contribution >= 4 is 17.5 Å². The minimum absolute atomic E-state index is 0.107. The highest BCUT2D eigenvalue weighted by atomic mass is 19.1. The van der Waals surface area contributed by atoms with E-state index in [2.05, 4.69) is 5.32 Å². The Morgan fingerprint density at radius 2 is 1.83 bits per heavy atom. The summed E-state index contributed by atoms with van der Waals surface area (Å²) in [4.78, 5) is 26.0. The van der Waals surface area contributed by atoms with E-state index in [9.17, 15) is 14.0 Å². The van der Waals surface area contributed by atoms with E-state index in [1.165, 1.54) is 29.2 Å². The third kappa shape index (κ3) is 3.62. The third-order valence-corrected chi connectivity index (χ3v) is 4.18. The van der Waals surface area contributed by atoms with Crippen molar-refractivity contribution in [3.05, 3.63) is 66.0 Å². The molecule has 2 aromatic rings. The van der Waals surface area contributed by atoms with Gasteiger partial charge in [-0.05, 0) is 42.7 Å². The van der Waals surface area contributed by atoms with Gasteiger partial charge in [0.2, 0.25) is 11.8 Å². The molecular formula is C19H19FN2O2. The molecule has 0 saturated carbocycles. The Kier molecular flexibility index (Phi) is 4.89. The number of carbonyl (C=O) groups is 2. The average Bonchev–Trinajstić information content (AvgIpc) is 2.98. The molecule has 1 fully saturated rings. The Balaban J connectivity index is 1.62. The van der Waals surface area contributed by atoms with Crippen LogP contribution < -0.4 is 10.2 Å². The second-order valence-corrected chi connectivity index (χ2v) is 5.82. The van der Waals surface area contributed by atoms with Crippen molar-refractivity contribution in [1.29, 1.82) is 0 Å². The number of benzene rings is 2. The number of nitrogens with one attached hydrogen (secondary N) is 1. The number of amides is 2. The summed E-state index contributed by atoms with van der Waals surface area (Å²) in [7, 11) is 0. The van der Waals surface area contributed by atoms with Gasteiger partial charge >= 0.3 is 0 Å². The summed E-state index contributed by atoms with van der Waals surface area (Å²) >= 11 is 0. The molecule has 1 atom stereocenters. The van der Waals surface area contributed by atoms with Crippen molar-refractivity contribution in [2.24, 2.45) is 0 Å². The van der Waals surface area contributed by atoms with E-state index in [0.29, 0.717) is 25.1 Å². The molecule has 2 aromatic carbocycles. The Bertz CT molecular complexity index is 716. The van der Waals surface area contributed by atoms with E-state index < -0.39 is 6.04 Å². The van der Waals surface area contributed by atoms with Gasteiger partial charge in [-0.15, -0.1) is 0 Å². The van der Waals surface area contributed by atoms with Crippen LogP contribution in [0.3, 0.4) is 0 Å². The van der Waals surface area contributed by atoms with Gasteiger partial charge in [0.25, 0.3) is 0 Å². The minimum Gasteiger partial charge on any atom is -0.354 e. The van der Waals surface area contributed by atoms with Gasteiger partial charge in [-0.3, -0.25) is 14.5 Å². The Hall–Kier alpha value is -2.69. The molecule has 1 aliphatic rings. The van der Waals surface area contributed by atoms with Gasteiger partial charge in [0.1, 0.15) is 11.9 Å². The van der Waals surface area contributed by atoms with Crippen LogP contribution in [0.25, 0.3) is 0 Å². The summed E-state index contributed by atoms with van der Waals surface area (Å²) in [6, 6.07) is 15.0. The van der Waals surface area contributed by atoms with Crippen molar-refractivity contribution in [3.63, 3.8) is 0 Å². The van der Waals surface area contributed by atoms with Crippen LogP contribution in [-0.2, 0) is 16.0 Å². The summed E-state index contributed by atoms with van der Waals surface area (Å²) in [5.74, 6) is -0.639. The first-order chi connectivity index (χ1) is 11.6. The number of hydrogen-bond acceptors (Lipinski definition) is 2. The van der Waals surface area contributed by atoms with E-state index >= 15 is 0 Å². The maximum atomic E-state index is 13.1. The number of hydrogen-bond donors (Lipinski definition) is 1. The number of halogens is 1. The van der Waals surface area contributed by atoms with E-state index in [0.717, 1.165) is 12.0 Å². The summed E-state index contributed by atoms with van der Waals surface area (Å²) in [5, 5.41) is 2.90. The Morgan fingerprint density at radius 3 is 2.54 bits per heavy atom. The van der Waals surface area contributed by atoms with Crippen LogP contribution in [0.1, 0.15) is 18.4 Å². The molecule has 1 N–H and O–H groups in total.